The minimum absolute atomic E-state index is 0.464. The van der Waals surface area contributed by atoms with Crippen molar-refractivity contribution in [1.29, 1.82) is 0 Å². The lowest BCUT2D eigenvalue weighted by Gasteiger charge is -2.18. The molecule has 5 nitrogen and oxygen atoms in total. The molecule has 1 rings (SSSR count). The van der Waals surface area contributed by atoms with E-state index in [2.05, 4.69) is 17.0 Å². The van der Waals surface area contributed by atoms with Crippen LogP contribution < -0.4 is 10.0 Å². The summed E-state index contributed by atoms with van der Waals surface area (Å²) in [6, 6.07) is 5.11. The van der Waals surface area contributed by atoms with Gasteiger partial charge in [-0.1, -0.05) is 24.6 Å². The summed E-state index contributed by atoms with van der Waals surface area (Å²) in [5, 5.41) is 3.79. The molecule has 1 aromatic rings. The molecule has 0 saturated carbocycles. The summed E-state index contributed by atoms with van der Waals surface area (Å²) >= 11 is 6.00. The molecule has 0 spiro atoms. The fourth-order valence-corrected chi connectivity index (χ4v) is 2.86. The Bertz CT molecular complexity index is 549. The lowest BCUT2D eigenvalue weighted by atomic mass is 10.2. The molecule has 0 atom stereocenters. The molecule has 120 valence electrons. The topological polar surface area (TPSA) is 61.4 Å². The minimum atomic E-state index is -3.54. The lowest BCUT2D eigenvalue weighted by molar-refractivity contribution is 0.458. The Balaban J connectivity index is 2.53. The highest BCUT2D eigenvalue weighted by molar-refractivity contribution is 7.90. The summed E-state index contributed by atoms with van der Waals surface area (Å²) in [7, 11) is -1.97. The van der Waals surface area contributed by atoms with Gasteiger partial charge >= 0.3 is 10.2 Å². The van der Waals surface area contributed by atoms with E-state index in [-0.39, 0.29) is 0 Å². The van der Waals surface area contributed by atoms with E-state index in [0.29, 0.717) is 17.3 Å². The van der Waals surface area contributed by atoms with Crippen LogP contribution in [0.25, 0.3) is 0 Å². The van der Waals surface area contributed by atoms with Gasteiger partial charge in [0.1, 0.15) is 0 Å². The molecule has 0 aliphatic carbocycles. The highest BCUT2D eigenvalue weighted by Gasteiger charge is 2.17. The Morgan fingerprint density at radius 1 is 1.29 bits per heavy atom. The second-order valence-electron chi connectivity index (χ2n) is 5.00. The predicted octanol–water partition coefficient (Wildman–Crippen LogP) is 2.63. The molecular weight excluding hydrogens is 310 g/mol. The maximum atomic E-state index is 12.2. The van der Waals surface area contributed by atoms with Crippen molar-refractivity contribution in [2.75, 3.05) is 31.4 Å². The van der Waals surface area contributed by atoms with Crippen LogP contribution in [0.2, 0.25) is 5.02 Å². The Hall–Kier alpha value is -0.820. The lowest BCUT2D eigenvalue weighted by Crippen LogP contribution is -2.34. The van der Waals surface area contributed by atoms with Crippen molar-refractivity contribution in [3.05, 3.63) is 28.8 Å². The van der Waals surface area contributed by atoms with Gasteiger partial charge in [0, 0.05) is 18.6 Å². The van der Waals surface area contributed by atoms with Crippen LogP contribution in [0.3, 0.4) is 0 Å². The van der Waals surface area contributed by atoms with Crippen molar-refractivity contribution in [1.82, 2.24) is 9.62 Å². The molecule has 0 unspecified atom stereocenters. The van der Waals surface area contributed by atoms with Gasteiger partial charge in [-0.2, -0.15) is 12.7 Å². The fourth-order valence-electron chi connectivity index (χ4n) is 1.73. The second-order valence-corrected chi connectivity index (χ2v) is 7.18. The number of halogens is 1. The molecule has 21 heavy (non-hydrogen) atoms. The Morgan fingerprint density at radius 3 is 2.62 bits per heavy atom. The number of anilines is 1. The van der Waals surface area contributed by atoms with Gasteiger partial charge in [-0.3, -0.25) is 4.72 Å². The van der Waals surface area contributed by atoms with Gasteiger partial charge in [-0.25, -0.2) is 0 Å². The van der Waals surface area contributed by atoms with Crippen LogP contribution in [0.1, 0.15) is 25.3 Å². The van der Waals surface area contributed by atoms with E-state index in [1.807, 2.05) is 6.92 Å². The summed E-state index contributed by atoms with van der Waals surface area (Å²) < 4.78 is 28.2. The maximum absolute atomic E-state index is 12.2. The highest BCUT2D eigenvalue weighted by atomic mass is 35.5. The van der Waals surface area contributed by atoms with Gasteiger partial charge < -0.3 is 5.32 Å². The summed E-state index contributed by atoms with van der Waals surface area (Å²) in [6.45, 7) is 6.20. The number of rotatable bonds is 9. The zero-order valence-electron chi connectivity index (χ0n) is 12.8. The van der Waals surface area contributed by atoms with E-state index < -0.39 is 10.2 Å². The summed E-state index contributed by atoms with van der Waals surface area (Å²) in [5.41, 5.74) is 1.39. The zero-order valence-corrected chi connectivity index (χ0v) is 14.4. The molecule has 7 heteroatoms. The molecule has 0 amide bonds. The molecular formula is C14H24ClN3O2S. The third-order valence-corrected chi connectivity index (χ3v) is 4.99. The molecule has 0 aliphatic heterocycles. The van der Waals surface area contributed by atoms with E-state index >= 15 is 0 Å². The van der Waals surface area contributed by atoms with Crippen LogP contribution in [0.5, 0.6) is 0 Å². The van der Waals surface area contributed by atoms with E-state index in [4.69, 9.17) is 11.6 Å². The monoisotopic (exact) mass is 333 g/mol. The Morgan fingerprint density at radius 2 is 2.00 bits per heavy atom. The molecule has 0 aliphatic rings. The number of hydrogen-bond donors (Lipinski definition) is 2. The molecule has 0 saturated heterocycles. The number of aryl methyl sites for hydroxylation is 1. The maximum Gasteiger partial charge on any atom is 0.301 e. The van der Waals surface area contributed by atoms with Crippen LogP contribution in [-0.4, -0.2) is 39.4 Å². The molecule has 0 heterocycles. The van der Waals surface area contributed by atoms with Crippen LogP contribution in [-0.2, 0) is 10.2 Å². The molecule has 0 bridgehead atoms. The van der Waals surface area contributed by atoms with Crippen molar-refractivity contribution in [3.63, 3.8) is 0 Å². The first-order chi connectivity index (χ1) is 9.86. The van der Waals surface area contributed by atoms with E-state index in [1.165, 1.54) is 4.31 Å². The van der Waals surface area contributed by atoms with Crippen LogP contribution in [0.15, 0.2) is 18.2 Å². The molecule has 0 fully saturated rings. The third-order valence-electron chi connectivity index (χ3n) is 3.08. The SMILES string of the molecule is CCCNCCCN(C)S(=O)(=O)Nc1ccc(C)c(Cl)c1. The normalized spacial score (nSPS) is 11.9. The fraction of sp³-hybridized carbons (Fsp3) is 0.571. The molecule has 1 aromatic carbocycles. The predicted molar refractivity (Wildman–Crippen MR) is 89.1 cm³/mol. The largest absolute Gasteiger partial charge is 0.317 e. The van der Waals surface area contributed by atoms with Gasteiger partial charge in [-0.15, -0.1) is 0 Å². The van der Waals surface area contributed by atoms with Crippen LogP contribution >= 0.6 is 11.6 Å². The summed E-state index contributed by atoms with van der Waals surface area (Å²) in [5.74, 6) is 0. The van der Waals surface area contributed by atoms with Crippen molar-refractivity contribution < 1.29 is 8.42 Å². The van der Waals surface area contributed by atoms with Crippen molar-refractivity contribution in [3.8, 4) is 0 Å². The average Bonchev–Trinajstić information content (AvgIpc) is 2.42. The van der Waals surface area contributed by atoms with Gasteiger partial charge in [0.15, 0.2) is 0 Å². The minimum Gasteiger partial charge on any atom is -0.317 e. The highest BCUT2D eigenvalue weighted by Crippen LogP contribution is 2.21. The smallest absolute Gasteiger partial charge is 0.301 e. The van der Waals surface area contributed by atoms with E-state index in [1.54, 1.807) is 25.2 Å². The Labute approximate surface area is 132 Å². The van der Waals surface area contributed by atoms with Crippen LogP contribution in [0.4, 0.5) is 5.69 Å². The van der Waals surface area contributed by atoms with Gasteiger partial charge in [0.25, 0.3) is 0 Å². The third kappa shape index (κ3) is 6.22. The van der Waals surface area contributed by atoms with E-state index in [9.17, 15) is 8.42 Å². The number of benzene rings is 1. The molecule has 0 aromatic heterocycles. The first kappa shape index (κ1) is 18.2. The Kier molecular flexibility index (Phi) is 7.45. The van der Waals surface area contributed by atoms with Crippen molar-refractivity contribution in [2.24, 2.45) is 0 Å². The number of hydrogen-bond acceptors (Lipinski definition) is 3. The number of nitrogens with zero attached hydrogens (tertiary/aromatic N) is 1. The van der Waals surface area contributed by atoms with E-state index in [0.717, 1.165) is 31.5 Å². The number of nitrogens with one attached hydrogen (secondary N) is 2. The van der Waals surface area contributed by atoms with Crippen molar-refractivity contribution in [2.45, 2.75) is 26.7 Å². The summed E-state index contributed by atoms with van der Waals surface area (Å²) in [6.07, 6.45) is 1.84. The molecule has 2 N–H and O–H groups in total. The average molecular weight is 334 g/mol. The first-order valence-corrected chi connectivity index (χ1v) is 8.89. The standard InChI is InChI=1S/C14H24ClN3O2S/c1-4-8-16-9-5-10-18(3)21(19,20)17-13-7-6-12(2)14(15)11-13/h6-7,11,16-17H,4-5,8-10H2,1-3H3. The zero-order chi connectivity index (χ0) is 15.9. The van der Waals surface area contributed by atoms with Gasteiger partial charge in [-0.05, 0) is 50.6 Å². The van der Waals surface area contributed by atoms with Crippen LogP contribution in [0, 0.1) is 6.92 Å². The second kappa shape index (κ2) is 8.58. The van der Waals surface area contributed by atoms with Gasteiger partial charge in [0.2, 0.25) is 0 Å². The van der Waals surface area contributed by atoms with Gasteiger partial charge in [0.05, 0.1) is 5.69 Å². The van der Waals surface area contributed by atoms with Crippen molar-refractivity contribution >= 4 is 27.5 Å². The first-order valence-electron chi connectivity index (χ1n) is 7.07. The quantitative estimate of drug-likeness (QED) is 0.683. The molecule has 0 radical (unpaired) electrons. The summed E-state index contributed by atoms with van der Waals surface area (Å²) in [4.78, 5) is 0.